The molecule has 0 saturated heterocycles. The van der Waals surface area contributed by atoms with Gasteiger partial charge in [0.05, 0.1) is 0 Å². The van der Waals surface area contributed by atoms with E-state index in [1.54, 1.807) is 7.11 Å². The first-order valence-corrected chi connectivity index (χ1v) is 2.50. The molecule has 0 aromatic rings. The first-order valence-electron chi connectivity index (χ1n) is 3.00. The third kappa shape index (κ3) is 5.43. The second-order valence-electron chi connectivity index (χ2n) is 1.38. The van der Waals surface area contributed by atoms with Crippen molar-refractivity contribution in [3.63, 3.8) is 0 Å². The van der Waals surface area contributed by atoms with Crippen LogP contribution in [0.25, 0.3) is 0 Å². The molecule has 0 aromatic heterocycles. The number of rotatable bonds is 4. The Labute approximate surface area is 50.4 Å². The molecule has 0 aliphatic carbocycles. The third-order valence-electron chi connectivity index (χ3n) is 0.722. The van der Waals surface area contributed by atoms with Crippen molar-refractivity contribution in [1.82, 2.24) is 5.32 Å². The number of hydrogen-bond acceptors (Lipinski definition) is 2. The van der Waals surface area contributed by atoms with E-state index in [4.69, 9.17) is 6.11 Å². The van der Waals surface area contributed by atoms with Crippen molar-refractivity contribution < 1.29 is 10.9 Å². The van der Waals surface area contributed by atoms with Gasteiger partial charge in [-0.25, -0.2) is 0 Å². The van der Waals surface area contributed by atoms with Crippen molar-refractivity contribution in [3.05, 3.63) is 0 Å². The fourth-order valence-electron chi connectivity index (χ4n) is 0.356. The van der Waals surface area contributed by atoms with Crippen LogP contribution in [-0.2, 0) is 9.53 Å². The number of amides is 1. The number of ether oxygens (including phenoxy) is 1. The third-order valence-corrected chi connectivity index (χ3v) is 0.722. The van der Waals surface area contributed by atoms with Gasteiger partial charge < -0.3 is 10.1 Å². The zero-order valence-electron chi connectivity index (χ0n) is 5.94. The molecule has 0 saturated carbocycles. The number of carbonyl (C=O) groups excluding carboxylic acids is 1. The predicted molar refractivity (Wildman–Crippen MR) is 30.6 cm³/mol. The van der Waals surface area contributed by atoms with E-state index < -0.39 is 6.39 Å². The summed E-state index contributed by atoms with van der Waals surface area (Å²) < 4.78 is 11.1. The van der Waals surface area contributed by atoms with Crippen LogP contribution in [-0.4, -0.2) is 26.6 Å². The molecule has 1 amide bonds. The summed E-state index contributed by atoms with van der Waals surface area (Å²) >= 11 is 0. The Bertz CT molecular complexity index is 87.0. The minimum atomic E-state index is -0.730. The molecule has 0 fully saturated rings. The molecule has 8 heavy (non-hydrogen) atoms. The summed E-state index contributed by atoms with van der Waals surface area (Å²) in [5.74, 6) is 0. The van der Waals surface area contributed by atoms with Gasteiger partial charge in [-0.2, -0.15) is 0 Å². The van der Waals surface area contributed by atoms with Crippen molar-refractivity contribution in [2.75, 3.05) is 20.3 Å². The van der Waals surface area contributed by atoms with E-state index in [2.05, 4.69) is 5.32 Å². The summed E-state index contributed by atoms with van der Waals surface area (Å²) in [6, 6.07) is 0. The molecule has 1 N–H and O–H groups in total. The van der Waals surface area contributed by atoms with Crippen molar-refractivity contribution in [2.24, 2.45) is 0 Å². The summed E-state index contributed by atoms with van der Waals surface area (Å²) in [6.07, 6.45) is 0.0345. The Hall–Kier alpha value is -0.570. The van der Waals surface area contributed by atoms with Crippen LogP contribution in [0.4, 0.5) is 0 Å². The highest BCUT2D eigenvalue weighted by Gasteiger charge is 1.80. The van der Waals surface area contributed by atoms with Gasteiger partial charge in [-0.1, -0.05) is 0 Å². The molecule has 0 atom stereocenters. The number of hydrogen-bond donors (Lipinski definition) is 1. The molecule has 0 spiro atoms. The van der Waals surface area contributed by atoms with Crippen LogP contribution in [0.15, 0.2) is 0 Å². The van der Waals surface area contributed by atoms with Crippen molar-refractivity contribution in [2.45, 2.75) is 6.42 Å². The second kappa shape index (κ2) is 6.43. The lowest BCUT2D eigenvalue weighted by Gasteiger charge is -1.95. The SMILES string of the molecule is [3H]C(=O)NCCCOC. The molecular formula is C5H11NO2. The maximum Gasteiger partial charge on any atom is 0.207 e. The van der Waals surface area contributed by atoms with E-state index in [0.29, 0.717) is 13.2 Å². The normalized spacial score (nSPS) is 10.4. The van der Waals surface area contributed by atoms with Crippen LogP contribution in [0, 0.1) is 0 Å². The zero-order valence-corrected chi connectivity index (χ0v) is 4.94. The molecule has 3 nitrogen and oxygen atoms in total. The number of carbonyl (C=O) groups is 1. The Morgan fingerprint density at radius 3 is 3.25 bits per heavy atom. The van der Waals surface area contributed by atoms with Gasteiger partial charge in [0.2, 0.25) is 6.39 Å². The Balaban J connectivity index is 2.83. The maximum atomic E-state index is 9.92. The van der Waals surface area contributed by atoms with Crippen molar-refractivity contribution in [1.29, 1.82) is 0 Å². The van der Waals surface area contributed by atoms with E-state index in [0.717, 1.165) is 6.42 Å². The summed E-state index contributed by atoms with van der Waals surface area (Å²) in [5.41, 5.74) is 0. The Morgan fingerprint density at radius 1 is 2.00 bits per heavy atom. The van der Waals surface area contributed by atoms with Gasteiger partial charge in [0, 0.05) is 20.3 Å². The molecule has 0 aliphatic rings. The fourth-order valence-corrected chi connectivity index (χ4v) is 0.356. The van der Waals surface area contributed by atoms with E-state index >= 15 is 0 Å². The lowest BCUT2D eigenvalue weighted by molar-refractivity contribution is -0.109. The van der Waals surface area contributed by atoms with E-state index in [-0.39, 0.29) is 0 Å². The molecule has 48 valence electrons. The van der Waals surface area contributed by atoms with Crippen LogP contribution >= 0.6 is 0 Å². The first-order chi connectivity index (χ1) is 4.27. The smallest absolute Gasteiger partial charge is 0.207 e. The van der Waals surface area contributed by atoms with Crippen LogP contribution in [0.5, 0.6) is 0 Å². The summed E-state index contributed by atoms with van der Waals surface area (Å²) in [6.45, 7) is 1.15. The molecule has 0 rings (SSSR count). The van der Waals surface area contributed by atoms with E-state index in [9.17, 15) is 4.79 Å². The van der Waals surface area contributed by atoms with Gasteiger partial charge in [-0.15, -0.1) is 0 Å². The monoisotopic (exact) mass is 119 g/mol. The first kappa shape index (κ1) is 5.56. The highest BCUT2D eigenvalue weighted by atomic mass is 16.5. The highest BCUT2D eigenvalue weighted by Crippen LogP contribution is 1.73. The molecule has 0 radical (unpaired) electrons. The molecular weight excluding hydrogens is 106 g/mol. The van der Waals surface area contributed by atoms with Crippen LogP contribution < -0.4 is 5.32 Å². The maximum absolute atomic E-state index is 9.92. The van der Waals surface area contributed by atoms with Gasteiger partial charge in [0.15, 0.2) is 0 Å². The number of methoxy groups -OCH3 is 1. The molecule has 3 heteroatoms. The highest BCUT2D eigenvalue weighted by molar-refractivity contribution is 5.45. The van der Waals surface area contributed by atoms with Gasteiger partial charge in [-0.3, -0.25) is 4.79 Å². The van der Waals surface area contributed by atoms with Gasteiger partial charge in [-0.05, 0) is 6.42 Å². The summed E-state index contributed by atoms with van der Waals surface area (Å²) in [5, 5.41) is 2.33. The van der Waals surface area contributed by atoms with Crippen LogP contribution in [0.2, 0.25) is 0 Å². The molecule has 0 unspecified atom stereocenters. The van der Waals surface area contributed by atoms with Gasteiger partial charge >= 0.3 is 0 Å². The minimum Gasteiger partial charge on any atom is -0.385 e. The number of nitrogens with one attached hydrogen (secondary N) is 1. The second-order valence-corrected chi connectivity index (χ2v) is 1.38. The zero-order chi connectivity index (χ0) is 7.11. The van der Waals surface area contributed by atoms with Crippen molar-refractivity contribution in [3.8, 4) is 0 Å². The minimum absolute atomic E-state index is 0.524. The predicted octanol–water partition coefficient (Wildman–Crippen LogP) is -0.231. The standard InChI is InChI=1S/C5H11NO2/c1-8-4-2-3-6-5-7/h5H,2-4H2,1H3,(H,6,7)/i5T. The Kier molecular flexibility index (Phi) is 4.47. The van der Waals surface area contributed by atoms with Gasteiger partial charge in [0.25, 0.3) is 0 Å². The van der Waals surface area contributed by atoms with Crippen LogP contribution in [0.3, 0.4) is 0 Å². The topological polar surface area (TPSA) is 38.3 Å². The fraction of sp³-hybridized carbons (Fsp3) is 0.800. The van der Waals surface area contributed by atoms with E-state index in [1.165, 1.54) is 0 Å². The quantitative estimate of drug-likeness (QED) is 0.410. The average molecular weight is 119 g/mol. The Morgan fingerprint density at radius 2 is 2.75 bits per heavy atom. The lowest BCUT2D eigenvalue weighted by Crippen LogP contribution is -2.13. The van der Waals surface area contributed by atoms with Crippen LogP contribution in [0.1, 0.15) is 7.79 Å². The average Bonchev–Trinajstić information content (AvgIpc) is 1.80. The molecule has 0 heterocycles. The molecule has 0 bridgehead atoms. The largest absolute Gasteiger partial charge is 0.385 e. The molecule has 0 aromatic carbocycles. The van der Waals surface area contributed by atoms with E-state index in [1.807, 2.05) is 0 Å². The van der Waals surface area contributed by atoms with Gasteiger partial charge in [0.1, 0.15) is 1.37 Å². The van der Waals surface area contributed by atoms with Crippen molar-refractivity contribution >= 4 is 6.39 Å². The lowest BCUT2D eigenvalue weighted by atomic mass is 10.5. The summed E-state index contributed by atoms with van der Waals surface area (Å²) in [4.78, 5) is 9.92. The molecule has 0 aliphatic heterocycles. The summed E-state index contributed by atoms with van der Waals surface area (Å²) in [7, 11) is 1.60.